The molecule has 0 saturated heterocycles. The SMILES string of the molecule is C[C@@H]1[C@H](C)CCC[C@H]1N1CN(Cc2ccccc2)c2nc3ccccc3n2C1. The Kier molecular flexibility index (Phi) is 4.59. The molecule has 2 aliphatic rings. The van der Waals surface area contributed by atoms with Gasteiger partial charge < -0.3 is 4.90 Å². The van der Waals surface area contributed by atoms with Gasteiger partial charge in [-0.15, -0.1) is 0 Å². The minimum atomic E-state index is 0.649. The molecule has 0 amide bonds. The van der Waals surface area contributed by atoms with Gasteiger partial charge >= 0.3 is 0 Å². The van der Waals surface area contributed by atoms with Gasteiger partial charge in [0.1, 0.15) is 0 Å². The Hall–Kier alpha value is -2.33. The Morgan fingerprint density at radius 3 is 2.57 bits per heavy atom. The summed E-state index contributed by atoms with van der Waals surface area (Å²) in [6.07, 6.45) is 4.04. The molecule has 146 valence electrons. The van der Waals surface area contributed by atoms with E-state index in [-0.39, 0.29) is 0 Å². The smallest absolute Gasteiger partial charge is 0.209 e. The Bertz CT molecular complexity index is 948. The van der Waals surface area contributed by atoms with Gasteiger partial charge in [0.25, 0.3) is 0 Å². The van der Waals surface area contributed by atoms with Crippen LogP contribution in [0.15, 0.2) is 54.6 Å². The predicted molar refractivity (Wildman–Crippen MR) is 115 cm³/mol. The highest BCUT2D eigenvalue weighted by Gasteiger charge is 2.36. The van der Waals surface area contributed by atoms with Crippen LogP contribution >= 0.6 is 0 Å². The molecule has 4 heteroatoms. The van der Waals surface area contributed by atoms with Crippen molar-refractivity contribution in [3.63, 3.8) is 0 Å². The molecule has 0 radical (unpaired) electrons. The summed E-state index contributed by atoms with van der Waals surface area (Å²) < 4.78 is 2.42. The average molecular weight is 375 g/mol. The highest BCUT2D eigenvalue weighted by molar-refractivity contribution is 5.79. The average Bonchev–Trinajstić information content (AvgIpc) is 3.10. The van der Waals surface area contributed by atoms with E-state index in [1.165, 1.54) is 30.3 Å². The summed E-state index contributed by atoms with van der Waals surface area (Å²) in [6.45, 7) is 7.69. The molecule has 5 rings (SSSR count). The van der Waals surface area contributed by atoms with E-state index in [9.17, 15) is 0 Å². The Morgan fingerprint density at radius 1 is 0.929 bits per heavy atom. The van der Waals surface area contributed by atoms with Crippen LogP contribution in [0.5, 0.6) is 0 Å². The number of para-hydroxylation sites is 2. The fourth-order valence-corrected chi connectivity index (χ4v) is 5.16. The van der Waals surface area contributed by atoms with Crippen molar-refractivity contribution in [2.24, 2.45) is 11.8 Å². The second-order valence-electron chi connectivity index (χ2n) is 8.72. The molecule has 0 bridgehead atoms. The number of anilines is 1. The van der Waals surface area contributed by atoms with Gasteiger partial charge in [-0.2, -0.15) is 0 Å². The Labute approximate surface area is 167 Å². The molecule has 0 N–H and O–H groups in total. The maximum atomic E-state index is 5.01. The van der Waals surface area contributed by atoms with Crippen molar-refractivity contribution < 1.29 is 0 Å². The zero-order valence-corrected chi connectivity index (χ0v) is 17.0. The van der Waals surface area contributed by atoms with Gasteiger partial charge in [-0.3, -0.25) is 9.47 Å². The molecule has 0 spiro atoms. The fraction of sp³-hybridized carbons (Fsp3) is 0.458. The topological polar surface area (TPSA) is 24.3 Å². The van der Waals surface area contributed by atoms with Gasteiger partial charge in [-0.25, -0.2) is 4.98 Å². The number of imidazole rings is 1. The van der Waals surface area contributed by atoms with Gasteiger partial charge in [0, 0.05) is 12.6 Å². The highest BCUT2D eigenvalue weighted by atomic mass is 15.5. The second kappa shape index (κ2) is 7.25. The minimum Gasteiger partial charge on any atom is -0.325 e. The molecular formula is C24H30N4. The zero-order chi connectivity index (χ0) is 19.1. The Balaban J connectivity index is 1.53. The highest BCUT2D eigenvalue weighted by Crippen LogP contribution is 2.36. The van der Waals surface area contributed by atoms with Crippen LogP contribution in [0.2, 0.25) is 0 Å². The number of nitrogens with zero attached hydrogens (tertiary/aromatic N) is 4. The van der Waals surface area contributed by atoms with Crippen LogP contribution in [0.3, 0.4) is 0 Å². The lowest BCUT2D eigenvalue weighted by molar-refractivity contribution is 0.0489. The summed E-state index contributed by atoms with van der Waals surface area (Å²) >= 11 is 0. The Morgan fingerprint density at radius 2 is 1.71 bits per heavy atom. The molecule has 4 nitrogen and oxygen atoms in total. The summed E-state index contributed by atoms with van der Waals surface area (Å²) in [6, 6.07) is 20.0. The summed E-state index contributed by atoms with van der Waals surface area (Å²) in [5.74, 6) is 2.66. The monoisotopic (exact) mass is 374 g/mol. The largest absolute Gasteiger partial charge is 0.325 e. The van der Waals surface area contributed by atoms with E-state index < -0.39 is 0 Å². The number of fused-ring (bicyclic) bond motifs is 3. The third-order valence-corrected chi connectivity index (χ3v) is 6.94. The van der Waals surface area contributed by atoms with E-state index in [4.69, 9.17) is 4.98 Å². The first kappa shape index (κ1) is 17.7. The van der Waals surface area contributed by atoms with Crippen molar-refractivity contribution in [2.45, 2.75) is 52.4 Å². The lowest BCUT2D eigenvalue weighted by Gasteiger charge is -2.46. The minimum absolute atomic E-state index is 0.649. The number of aromatic nitrogens is 2. The lowest BCUT2D eigenvalue weighted by atomic mass is 9.77. The molecule has 1 saturated carbocycles. The number of hydrogen-bond donors (Lipinski definition) is 0. The summed E-state index contributed by atoms with van der Waals surface area (Å²) in [5, 5.41) is 0. The zero-order valence-electron chi connectivity index (χ0n) is 17.0. The van der Waals surface area contributed by atoms with E-state index in [0.29, 0.717) is 6.04 Å². The van der Waals surface area contributed by atoms with Crippen molar-refractivity contribution in [3.8, 4) is 0 Å². The summed E-state index contributed by atoms with van der Waals surface area (Å²) in [7, 11) is 0. The quantitative estimate of drug-likeness (QED) is 0.637. The maximum Gasteiger partial charge on any atom is 0.209 e. The molecule has 1 aliphatic heterocycles. The molecule has 2 heterocycles. The summed E-state index contributed by atoms with van der Waals surface area (Å²) in [4.78, 5) is 10.2. The normalized spacial score (nSPS) is 25.8. The number of hydrogen-bond acceptors (Lipinski definition) is 3. The molecular weight excluding hydrogens is 344 g/mol. The summed E-state index contributed by atoms with van der Waals surface area (Å²) in [5.41, 5.74) is 3.69. The van der Waals surface area contributed by atoms with E-state index in [0.717, 1.165) is 43.2 Å². The third-order valence-electron chi connectivity index (χ3n) is 6.94. The van der Waals surface area contributed by atoms with Gasteiger partial charge in [0.2, 0.25) is 5.95 Å². The lowest BCUT2D eigenvalue weighted by Crippen LogP contribution is -2.52. The molecule has 0 unspecified atom stereocenters. The van der Waals surface area contributed by atoms with Crippen molar-refractivity contribution in [2.75, 3.05) is 11.6 Å². The van der Waals surface area contributed by atoms with E-state index in [2.05, 4.69) is 82.8 Å². The van der Waals surface area contributed by atoms with Crippen LogP contribution in [0.4, 0.5) is 5.95 Å². The van der Waals surface area contributed by atoms with Crippen LogP contribution in [0, 0.1) is 11.8 Å². The number of rotatable bonds is 3. The van der Waals surface area contributed by atoms with Crippen LogP contribution in [0.25, 0.3) is 11.0 Å². The molecule has 28 heavy (non-hydrogen) atoms. The van der Waals surface area contributed by atoms with Crippen LogP contribution in [-0.4, -0.2) is 27.2 Å². The molecule has 1 aromatic heterocycles. The standard InChI is InChI=1S/C24H30N4/c1-18-9-8-14-22(19(18)2)27-16-26(15-20-10-4-3-5-11-20)24-25-21-12-6-7-13-23(21)28(24)17-27/h3-7,10-13,18-19,22H,8-9,14-17H2,1-2H3/t18-,19-,22-/m1/s1. The third kappa shape index (κ3) is 3.10. The van der Waals surface area contributed by atoms with E-state index in [1.807, 2.05) is 0 Å². The first-order chi connectivity index (χ1) is 13.7. The molecule has 3 aromatic rings. The van der Waals surface area contributed by atoms with E-state index in [1.54, 1.807) is 0 Å². The van der Waals surface area contributed by atoms with Crippen LogP contribution in [-0.2, 0) is 13.2 Å². The maximum absolute atomic E-state index is 5.01. The predicted octanol–water partition coefficient (Wildman–Crippen LogP) is 5.10. The van der Waals surface area contributed by atoms with Crippen molar-refractivity contribution in [3.05, 3.63) is 60.2 Å². The van der Waals surface area contributed by atoms with E-state index >= 15 is 0 Å². The van der Waals surface area contributed by atoms with Crippen LogP contribution < -0.4 is 4.90 Å². The molecule has 3 atom stereocenters. The second-order valence-corrected chi connectivity index (χ2v) is 8.72. The van der Waals surface area contributed by atoms with Crippen LogP contribution in [0.1, 0.15) is 38.7 Å². The van der Waals surface area contributed by atoms with Crippen molar-refractivity contribution >= 4 is 17.0 Å². The number of benzene rings is 2. The first-order valence-corrected chi connectivity index (χ1v) is 10.7. The molecule has 1 fully saturated rings. The van der Waals surface area contributed by atoms with Crippen molar-refractivity contribution in [1.29, 1.82) is 0 Å². The fourth-order valence-electron chi connectivity index (χ4n) is 5.16. The van der Waals surface area contributed by atoms with Gasteiger partial charge in [-0.05, 0) is 36.0 Å². The van der Waals surface area contributed by atoms with Gasteiger partial charge in [0.15, 0.2) is 0 Å². The molecule has 2 aromatic carbocycles. The molecule has 1 aliphatic carbocycles. The van der Waals surface area contributed by atoms with Gasteiger partial charge in [0.05, 0.1) is 24.4 Å². The first-order valence-electron chi connectivity index (χ1n) is 10.7. The van der Waals surface area contributed by atoms with Gasteiger partial charge in [-0.1, -0.05) is 69.2 Å². The van der Waals surface area contributed by atoms with Crippen molar-refractivity contribution in [1.82, 2.24) is 14.5 Å².